The maximum absolute atomic E-state index is 12.9. The lowest BCUT2D eigenvalue weighted by Crippen LogP contribution is -2.32. The third-order valence-electron chi connectivity index (χ3n) is 2.32. The lowest BCUT2D eigenvalue weighted by molar-refractivity contribution is -0.147. The first-order valence-electron chi connectivity index (χ1n) is 5.69. The molecule has 18 heavy (non-hydrogen) atoms. The highest BCUT2D eigenvalue weighted by atomic mass is 19.1. The molecule has 0 saturated carbocycles. The summed E-state index contributed by atoms with van der Waals surface area (Å²) >= 11 is 0. The summed E-state index contributed by atoms with van der Waals surface area (Å²) < 4.78 is 18.5. The number of nitrogens with zero attached hydrogens (tertiary/aromatic N) is 1. The van der Waals surface area contributed by atoms with E-state index in [0.29, 0.717) is 12.6 Å². The zero-order valence-electron chi connectivity index (χ0n) is 10.1. The number of halogens is 1. The number of unbranched alkanes of at least 4 members (excludes halogenated alkanes) is 2. The summed E-state index contributed by atoms with van der Waals surface area (Å²) in [5, 5.41) is 0. The molecule has 0 spiro atoms. The number of carbonyl (C=O) groups excluding carboxylic acids is 1. The quantitative estimate of drug-likeness (QED) is 0.603. The predicted octanol–water partition coefficient (Wildman–Crippen LogP) is 0.757. The lowest BCUT2D eigenvalue weighted by atomic mass is 10.2. The number of H-pyrrole nitrogens is 1. The first kappa shape index (κ1) is 14.1. The molecule has 0 radical (unpaired) electrons. The maximum Gasteiger partial charge on any atom is 0.331 e. The number of aromatic amines is 1. The van der Waals surface area contributed by atoms with Crippen LogP contribution in [0.15, 0.2) is 15.8 Å². The number of esters is 1. The Balaban J connectivity index is 2.54. The summed E-state index contributed by atoms with van der Waals surface area (Å²) in [5.74, 6) is -1.56. The van der Waals surface area contributed by atoms with Crippen LogP contribution in [0.25, 0.3) is 0 Å². The van der Waals surface area contributed by atoms with Crippen LogP contribution >= 0.6 is 0 Å². The van der Waals surface area contributed by atoms with Crippen LogP contribution in [0.2, 0.25) is 0 Å². The zero-order valence-corrected chi connectivity index (χ0v) is 10.1. The SMILES string of the molecule is CCCCCC(=O)OCn1cc(F)c(=O)[nH]c1=O. The lowest BCUT2D eigenvalue weighted by Gasteiger charge is -2.06. The largest absolute Gasteiger partial charge is 0.444 e. The molecule has 0 aliphatic rings. The van der Waals surface area contributed by atoms with Crippen LogP contribution in [0.5, 0.6) is 0 Å². The highest BCUT2D eigenvalue weighted by molar-refractivity contribution is 5.69. The van der Waals surface area contributed by atoms with Crippen molar-refractivity contribution in [2.75, 3.05) is 0 Å². The van der Waals surface area contributed by atoms with Crippen molar-refractivity contribution in [3.05, 3.63) is 32.9 Å². The Labute approximate surface area is 102 Å². The first-order valence-corrected chi connectivity index (χ1v) is 5.69. The van der Waals surface area contributed by atoms with Crippen molar-refractivity contribution in [3.63, 3.8) is 0 Å². The summed E-state index contributed by atoms with van der Waals surface area (Å²) in [6, 6.07) is 0. The number of ether oxygens (including phenoxy) is 1. The van der Waals surface area contributed by atoms with E-state index in [0.717, 1.165) is 17.4 Å². The third kappa shape index (κ3) is 4.15. The van der Waals surface area contributed by atoms with Crippen molar-refractivity contribution in [2.45, 2.75) is 39.3 Å². The molecule has 0 aliphatic carbocycles. The fraction of sp³-hybridized carbons (Fsp3) is 0.545. The monoisotopic (exact) mass is 258 g/mol. The van der Waals surface area contributed by atoms with Crippen LogP contribution in [-0.4, -0.2) is 15.5 Å². The van der Waals surface area contributed by atoms with E-state index in [1.54, 1.807) is 4.98 Å². The van der Waals surface area contributed by atoms with E-state index in [-0.39, 0.29) is 6.42 Å². The maximum atomic E-state index is 12.9. The van der Waals surface area contributed by atoms with Gasteiger partial charge in [-0.05, 0) is 6.42 Å². The molecule has 0 fully saturated rings. The number of aromatic nitrogens is 2. The van der Waals surface area contributed by atoms with E-state index in [2.05, 4.69) is 0 Å². The van der Waals surface area contributed by atoms with E-state index >= 15 is 0 Å². The van der Waals surface area contributed by atoms with Crippen molar-refractivity contribution in [3.8, 4) is 0 Å². The van der Waals surface area contributed by atoms with Crippen molar-refractivity contribution < 1.29 is 13.9 Å². The average Bonchev–Trinajstić information content (AvgIpc) is 2.32. The van der Waals surface area contributed by atoms with Gasteiger partial charge in [0, 0.05) is 6.42 Å². The van der Waals surface area contributed by atoms with E-state index in [1.807, 2.05) is 6.92 Å². The molecular formula is C11H15FN2O4. The van der Waals surface area contributed by atoms with Gasteiger partial charge in [-0.2, -0.15) is 4.39 Å². The Hall–Kier alpha value is -1.92. The van der Waals surface area contributed by atoms with Gasteiger partial charge in [0.1, 0.15) is 0 Å². The molecule has 0 unspecified atom stereocenters. The standard InChI is InChI=1S/C11H15FN2O4/c1-2-3-4-5-9(15)18-7-14-6-8(12)10(16)13-11(14)17/h6H,2-5,7H2,1H3,(H,13,16,17). The molecule has 1 N–H and O–H groups in total. The van der Waals surface area contributed by atoms with Gasteiger partial charge in [-0.15, -0.1) is 0 Å². The molecule has 0 amide bonds. The van der Waals surface area contributed by atoms with Gasteiger partial charge in [-0.25, -0.2) is 4.79 Å². The second-order valence-corrected chi connectivity index (χ2v) is 3.81. The predicted molar refractivity (Wildman–Crippen MR) is 61.5 cm³/mol. The van der Waals surface area contributed by atoms with Crippen molar-refractivity contribution in [1.82, 2.24) is 9.55 Å². The van der Waals surface area contributed by atoms with Crippen LogP contribution in [0.4, 0.5) is 4.39 Å². The van der Waals surface area contributed by atoms with Gasteiger partial charge >= 0.3 is 11.7 Å². The molecule has 0 aromatic carbocycles. The fourth-order valence-electron chi connectivity index (χ4n) is 1.31. The average molecular weight is 258 g/mol. The second-order valence-electron chi connectivity index (χ2n) is 3.81. The van der Waals surface area contributed by atoms with Gasteiger partial charge in [0.25, 0.3) is 5.56 Å². The number of hydrogen-bond acceptors (Lipinski definition) is 4. The van der Waals surface area contributed by atoms with Gasteiger partial charge in [0.15, 0.2) is 6.73 Å². The molecule has 0 atom stereocenters. The number of hydrogen-bond donors (Lipinski definition) is 1. The van der Waals surface area contributed by atoms with E-state index in [9.17, 15) is 18.8 Å². The Bertz CT molecular complexity index is 521. The third-order valence-corrected chi connectivity index (χ3v) is 2.32. The molecule has 1 heterocycles. The highest BCUT2D eigenvalue weighted by Crippen LogP contribution is 2.00. The zero-order chi connectivity index (χ0) is 13.5. The van der Waals surface area contributed by atoms with Gasteiger partial charge < -0.3 is 4.74 Å². The molecule has 7 heteroatoms. The molecule has 0 bridgehead atoms. The van der Waals surface area contributed by atoms with Gasteiger partial charge in [-0.1, -0.05) is 19.8 Å². The Morgan fingerprint density at radius 3 is 2.83 bits per heavy atom. The van der Waals surface area contributed by atoms with Crippen molar-refractivity contribution in [2.24, 2.45) is 0 Å². The minimum absolute atomic E-state index is 0.258. The molecular weight excluding hydrogens is 243 g/mol. The first-order chi connectivity index (χ1) is 8.54. The number of nitrogens with one attached hydrogen (secondary N) is 1. The molecule has 6 nitrogen and oxygen atoms in total. The Morgan fingerprint density at radius 1 is 1.44 bits per heavy atom. The summed E-state index contributed by atoms with van der Waals surface area (Å²) in [7, 11) is 0. The molecule has 0 saturated heterocycles. The molecule has 1 rings (SSSR count). The highest BCUT2D eigenvalue weighted by Gasteiger charge is 2.06. The van der Waals surface area contributed by atoms with Gasteiger partial charge in [-0.3, -0.25) is 19.1 Å². The normalized spacial score (nSPS) is 10.3. The summed E-state index contributed by atoms with van der Waals surface area (Å²) in [6.45, 7) is 1.60. The minimum atomic E-state index is -1.10. The van der Waals surface area contributed by atoms with Crippen LogP contribution < -0.4 is 11.2 Å². The van der Waals surface area contributed by atoms with Crippen LogP contribution in [0, 0.1) is 5.82 Å². The van der Waals surface area contributed by atoms with Gasteiger partial charge in [0.2, 0.25) is 5.82 Å². The van der Waals surface area contributed by atoms with Crippen LogP contribution in [-0.2, 0) is 16.3 Å². The van der Waals surface area contributed by atoms with Gasteiger partial charge in [0.05, 0.1) is 6.20 Å². The van der Waals surface area contributed by atoms with E-state index in [4.69, 9.17) is 4.74 Å². The Morgan fingerprint density at radius 2 is 2.17 bits per heavy atom. The molecule has 1 aromatic heterocycles. The van der Waals surface area contributed by atoms with Crippen molar-refractivity contribution in [1.29, 1.82) is 0 Å². The molecule has 100 valence electrons. The molecule has 1 aromatic rings. The summed E-state index contributed by atoms with van der Waals surface area (Å²) in [4.78, 5) is 35.0. The topological polar surface area (TPSA) is 81.2 Å². The summed E-state index contributed by atoms with van der Waals surface area (Å²) in [5.41, 5.74) is -1.91. The fourth-order valence-corrected chi connectivity index (χ4v) is 1.31. The van der Waals surface area contributed by atoms with Crippen LogP contribution in [0.3, 0.4) is 0 Å². The van der Waals surface area contributed by atoms with Crippen molar-refractivity contribution >= 4 is 5.97 Å². The molecule has 0 aliphatic heterocycles. The second kappa shape index (κ2) is 6.73. The van der Waals surface area contributed by atoms with E-state index < -0.39 is 29.8 Å². The smallest absolute Gasteiger partial charge is 0.331 e. The van der Waals surface area contributed by atoms with Crippen LogP contribution in [0.1, 0.15) is 32.6 Å². The number of carbonyl (C=O) groups is 1. The van der Waals surface area contributed by atoms with E-state index in [1.165, 1.54) is 0 Å². The minimum Gasteiger partial charge on any atom is -0.444 e. The Kier molecular flexibility index (Phi) is 5.29. The number of rotatable bonds is 6. The summed E-state index contributed by atoms with van der Waals surface area (Å²) in [6.07, 6.45) is 3.58.